The van der Waals surface area contributed by atoms with Crippen LogP contribution in [0.25, 0.3) is 11.3 Å². The molecule has 0 radical (unpaired) electrons. The van der Waals surface area contributed by atoms with E-state index < -0.39 is 23.5 Å². The molecule has 1 N–H and O–H groups in total. The average Bonchev–Trinajstić information content (AvgIpc) is 3.02. The van der Waals surface area contributed by atoms with E-state index in [0.717, 1.165) is 12.1 Å². The molecule has 3 rings (SSSR count). The van der Waals surface area contributed by atoms with Crippen LogP contribution in [0.15, 0.2) is 34.7 Å². The van der Waals surface area contributed by atoms with Crippen molar-refractivity contribution in [2.45, 2.75) is 12.3 Å². The van der Waals surface area contributed by atoms with E-state index in [-0.39, 0.29) is 17.2 Å². The zero-order valence-corrected chi connectivity index (χ0v) is 9.77. The van der Waals surface area contributed by atoms with E-state index in [9.17, 15) is 13.6 Å². The monoisotopic (exact) mass is 264 g/mol. The Labute approximate surface area is 107 Å². The van der Waals surface area contributed by atoms with Gasteiger partial charge >= 0.3 is 5.97 Å². The molecular formula is C14H10F2O3. The summed E-state index contributed by atoms with van der Waals surface area (Å²) < 4.78 is 32.5. The molecule has 2 atom stereocenters. The van der Waals surface area contributed by atoms with Crippen LogP contribution in [0.1, 0.15) is 18.1 Å². The molecule has 3 nitrogen and oxygen atoms in total. The van der Waals surface area contributed by atoms with E-state index in [1.165, 1.54) is 12.1 Å². The lowest BCUT2D eigenvalue weighted by Crippen LogP contribution is -1.98. The zero-order chi connectivity index (χ0) is 13.6. The molecule has 1 heterocycles. The molecule has 0 amide bonds. The molecule has 0 spiro atoms. The summed E-state index contributed by atoms with van der Waals surface area (Å²) in [6.45, 7) is 0. The van der Waals surface area contributed by atoms with Gasteiger partial charge in [0.05, 0.1) is 11.5 Å². The van der Waals surface area contributed by atoms with E-state index >= 15 is 0 Å². The average molecular weight is 264 g/mol. The number of hydrogen-bond donors (Lipinski definition) is 1. The van der Waals surface area contributed by atoms with E-state index in [1.54, 1.807) is 6.07 Å². The summed E-state index contributed by atoms with van der Waals surface area (Å²) in [6.07, 6.45) is 0.502. The quantitative estimate of drug-likeness (QED) is 0.924. The van der Waals surface area contributed by atoms with Crippen molar-refractivity contribution in [3.05, 3.63) is 47.7 Å². The van der Waals surface area contributed by atoms with Crippen LogP contribution in [0.5, 0.6) is 0 Å². The summed E-state index contributed by atoms with van der Waals surface area (Å²) in [7, 11) is 0. The van der Waals surface area contributed by atoms with Crippen LogP contribution in [-0.4, -0.2) is 11.1 Å². The summed E-state index contributed by atoms with van der Waals surface area (Å²) >= 11 is 0. The smallest absolute Gasteiger partial charge is 0.307 e. The predicted octanol–water partition coefficient (Wildman–Crippen LogP) is 3.41. The van der Waals surface area contributed by atoms with Crippen molar-refractivity contribution in [1.82, 2.24) is 0 Å². The second-order valence-corrected chi connectivity index (χ2v) is 4.59. The summed E-state index contributed by atoms with van der Waals surface area (Å²) in [5, 5.41) is 8.84. The van der Waals surface area contributed by atoms with Gasteiger partial charge in [-0.3, -0.25) is 4.79 Å². The van der Waals surface area contributed by atoms with Gasteiger partial charge in [-0.1, -0.05) is 6.07 Å². The highest BCUT2D eigenvalue weighted by atomic mass is 19.1. The minimum atomic E-state index is -0.875. The Kier molecular flexibility index (Phi) is 2.62. The van der Waals surface area contributed by atoms with Gasteiger partial charge in [-0.05, 0) is 30.7 Å². The van der Waals surface area contributed by atoms with Crippen LogP contribution in [0, 0.1) is 17.6 Å². The van der Waals surface area contributed by atoms with Crippen LogP contribution >= 0.6 is 0 Å². The maximum absolute atomic E-state index is 13.6. The van der Waals surface area contributed by atoms with Crippen LogP contribution in [-0.2, 0) is 4.79 Å². The first-order chi connectivity index (χ1) is 9.08. The van der Waals surface area contributed by atoms with Gasteiger partial charge in [0, 0.05) is 5.92 Å². The Balaban J connectivity index is 1.92. The highest BCUT2D eigenvalue weighted by molar-refractivity contribution is 5.75. The summed E-state index contributed by atoms with van der Waals surface area (Å²) in [5.74, 6) is -2.38. The molecule has 0 aliphatic heterocycles. The molecule has 1 aromatic heterocycles. The highest BCUT2D eigenvalue weighted by Crippen LogP contribution is 2.48. The normalized spacial score (nSPS) is 21.4. The van der Waals surface area contributed by atoms with Gasteiger partial charge < -0.3 is 9.52 Å². The summed E-state index contributed by atoms with van der Waals surface area (Å²) in [4.78, 5) is 10.8. The fourth-order valence-electron chi connectivity index (χ4n) is 2.20. The number of rotatable bonds is 3. The molecule has 1 saturated carbocycles. The van der Waals surface area contributed by atoms with E-state index in [1.807, 2.05) is 0 Å². The van der Waals surface area contributed by atoms with Crippen LogP contribution in [0.2, 0.25) is 0 Å². The van der Waals surface area contributed by atoms with Crippen molar-refractivity contribution in [3.8, 4) is 11.3 Å². The SMILES string of the molecule is O=C(O)[C@@H]1C[C@H]1c1ccc(-c2c(F)cccc2F)o1. The van der Waals surface area contributed by atoms with Crippen LogP contribution < -0.4 is 0 Å². The number of halogens is 2. The van der Waals surface area contributed by atoms with Crippen molar-refractivity contribution < 1.29 is 23.1 Å². The second kappa shape index (κ2) is 4.19. The number of carbonyl (C=O) groups is 1. The fourth-order valence-corrected chi connectivity index (χ4v) is 2.20. The third-order valence-corrected chi connectivity index (χ3v) is 3.31. The largest absolute Gasteiger partial charge is 0.481 e. The second-order valence-electron chi connectivity index (χ2n) is 4.59. The highest BCUT2D eigenvalue weighted by Gasteiger charge is 2.46. The Morgan fingerprint density at radius 2 is 1.89 bits per heavy atom. The van der Waals surface area contributed by atoms with Gasteiger partial charge in [-0.15, -0.1) is 0 Å². The van der Waals surface area contributed by atoms with Crippen LogP contribution in [0.3, 0.4) is 0 Å². The molecule has 0 unspecified atom stereocenters. The standard InChI is InChI=1S/C14H10F2O3/c15-9-2-1-3-10(16)13(9)12-5-4-11(19-12)7-6-8(7)14(17)18/h1-5,7-8H,6H2,(H,17,18)/t7-,8-/m1/s1. The molecule has 98 valence electrons. The Morgan fingerprint density at radius 1 is 1.21 bits per heavy atom. The summed E-state index contributed by atoms with van der Waals surface area (Å²) in [6, 6.07) is 6.62. The van der Waals surface area contributed by atoms with Gasteiger partial charge in [0.25, 0.3) is 0 Å². The number of furan rings is 1. The van der Waals surface area contributed by atoms with Gasteiger partial charge in [-0.2, -0.15) is 0 Å². The maximum atomic E-state index is 13.6. The minimum absolute atomic E-state index is 0.0849. The van der Waals surface area contributed by atoms with E-state index in [4.69, 9.17) is 9.52 Å². The molecule has 0 saturated heterocycles. The molecule has 0 bridgehead atoms. The van der Waals surface area contributed by atoms with Gasteiger partial charge in [0.1, 0.15) is 23.2 Å². The van der Waals surface area contributed by atoms with Crippen molar-refractivity contribution in [1.29, 1.82) is 0 Å². The first kappa shape index (κ1) is 11.9. The van der Waals surface area contributed by atoms with Crippen molar-refractivity contribution in [3.63, 3.8) is 0 Å². The molecule has 2 aromatic rings. The molecule has 19 heavy (non-hydrogen) atoms. The van der Waals surface area contributed by atoms with Crippen molar-refractivity contribution in [2.24, 2.45) is 5.92 Å². The summed E-state index contributed by atoms with van der Waals surface area (Å²) in [5.41, 5.74) is -0.221. The first-order valence-corrected chi connectivity index (χ1v) is 5.85. The van der Waals surface area contributed by atoms with E-state index in [0.29, 0.717) is 12.2 Å². The van der Waals surface area contributed by atoms with Gasteiger partial charge in [-0.25, -0.2) is 8.78 Å². The number of benzene rings is 1. The fraction of sp³-hybridized carbons (Fsp3) is 0.214. The van der Waals surface area contributed by atoms with Crippen LogP contribution in [0.4, 0.5) is 8.78 Å². The topological polar surface area (TPSA) is 50.4 Å². The zero-order valence-electron chi connectivity index (χ0n) is 9.77. The van der Waals surface area contributed by atoms with Crippen molar-refractivity contribution >= 4 is 5.97 Å². The third kappa shape index (κ3) is 2.01. The van der Waals surface area contributed by atoms with E-state index in [2.05, 4.69) is 0 Å². The lowest BCUT2D eigenvalue weighted by Gasteiger charge is -2.01. The number of aliphatic carboxylic acids is 1. The molecule has 5 heteroatoms. The lowest BCUT2D eigenvalue weighted by molar-refractivity contribution is -0.138. The molecule has 1 aromatic carbocycles. The molecule has 1 fully saturated rings. The Bertz CT molecular complexity index is 628. The number of hydrogen-bond acceptors (Lipinski definition) is 2. The van der Waals surface area contributed by atoms with Gasteiger partial charge in [0.15, 0.2) is 0 Å². The predicted molar refractivity (Wildman–Crippen MR) is 62.5 cm³/mol. The lowest BCUT2D eigenvalue weighted by atomic mass is 10.1. The number of carboxylic acid groups (broad SMARTS) is 1. The molecular weight excluding hydrogens is 254 g/mol. The number of carboxylic acids is 1. The van der Waals surface area contributed by atoms with Gasteiger partial charge in [0.2, 0.25) is 0 Å². The van der Waals surface area contributed by atoms with Crippen molar-refractivity contribution in [2.75, 3.05) is 0 Å². The maximum Gasteiger partial charge on any atom is 0.307 e. The molecule has 1 aliphatic carbocycles. The molecule has 1 aliphatic rings. The first-order valence-electron chi connectivity index (χ1n) is 5.85. The Morgan fingerprint density at radius 3 is 2.47 bits per heavy atom. The Hall–Kier alpha value is -2.17. The third-order valence-electron chi connectivity index (χ3n) is 3.31. The minimum Gasteiger partial charge on any atom is -0.481 e.